The molecule has 3 aromatic rings. The molecule has 5 heterocycles. The number of nitrogens with one attached hydrogen (secondary N) is 1. The van der Waals surface area contributed by atoms with E-state index < -0.39 is 0 Å². The van der Waals surface area contributed by atoms with Gasteiger partial charge in [-0.15, -0.1) is 0 Å². The summed E-state index contributed by atoms with van der Waals surface area (Å²) >= 11 is 3.43. The fraction of sp³-hybridized carbons (Fsp3) is 0.350. The Hall–Kier alpha value is -2.65. The molecule has 0 aromatic carbocycles. The maximum Gasteiger partial charge on any atom is 0.226 e. The third kappa shape index (κ3) is 3.34. The summed E-state index contributed by atoms with van der Waals surface area (Å²) in [4.78, 5) is 24.8. The Balaban J connectivity index is 1.51. The fourth-order valence-electron chi connectivity index (χ4n) is 4.04. The third-order valence-electron chi connectivity index (χ3n) is 5.47. The standard InChI is InChI=1S/C20H21BrN8/c1-12-10-28(13(2)19(26-12)14-3-5-22-7-14)20-23-6-4-15(27-20)16-8-25-18-9-24-17(21)11-29(16)18/h3-4,6-9,11-13,19,26H,5,10H2,1-2H3. The van der Waals surface area contributed by atoms with Crippen molar-refractivity contribution in [2.24, 2.45) is 4.99 Å². The van der Waals surface area contributed by atoms with E-state index in [2.05, 4.69) is 66.0 Å². The van der Waals surface area contributed by atoms with E-state index in [1.807, 2.05) is 35.3 Å². The third-order valence-corrected chi connectivity index (χ3v) is 5.88. The molecule has 148 valence electrons. The minimum absolute atomic E-state index is 0.204. The van der Waals surface area contributed by atoms with Gasteiger partial charge in [-0.1, -0.05) is 6.08 Å². The van der Waals surface area contributed by atoms with Gasteiger partial charge in [0.25, 0.3) is 0 Å². The van der Waals surface area contributed by atoms with E-state index in [1.165, 1.54) is 5.57 Å². The highest BCUT2D eigenvalue weighted by molar-refractivity contribution is 9.10. The zero-order valence-corrected chi connectivity index (χ0v) is 17.8. The first-order valence-corrected chi connectivity index (χ1v) is 10.4. The first-order chi connectivity index (χ1) is 14.1. The van der Waals surface area contributed by atoms with Crippen molar-refractivity contribution in [1.82, 2.24) is 29.7 Å². The summed E-state index contributed by atoms with van der Waals surface area (Å²) in [7, 11) is 0. The number of aromatic nitrogens is 5. The maximum atomic E-state index is 4.90. The number of hydrogen-bond donors (Lipinski definition) is 1. The molecule has 1 fully saturated rings. The molecule has 0 amide bonds. The van der Waals surface area contributed by atoms with Crippen molar-refractivity contribution in [2.75, 3.05) is 18.0 Å². The lowest BCUT2D eigenvalue weighted by Gasteiger charge is -2.43. The van der Waals surface area contributed by atoms with E-state index in [1.54, 1.807) is 6.20 Å². The van der Waals surface area contributed by atoms with E-state index in [0.717, 1.165) is 40.7 Å². The van der Waals surface area contributed by atoms with E-state index in [-0.39, 0.29) is 12.1 Å². The largest absolute Gasteiger partial charge is 0.335 e. The lowest BCUT2D eigenvalue weighted by molar-refractivity contribution is 0.361. The van der Waals surface area contributed by atoms with Crippen molar-refractivity contribution in [1.29, 1.82) is 0 Å². The molecule has 1 N–H and O–H groups in total. The van der Waals surface area contributed by atoms with Gasteiger partial charge in [-0.3, -0.25) is 9.39 Å². The number of hydrogen-bond acceptors (Lipinski definition) is 7. The SMILES string of the molecule is CC1CN(c2nccc(-c3cnc4cnc(Br)cn34)n2)C(C)C(C2=CCN=C2)N1. The van der Waals surface area contributed by atoms with Crippen LogP contribution < -0.4 is 10.2 Å². The zero-order chi connectivity index (χ0) is 20.0. The summed E-state index contributed by atoms with van der Waals surface area (Å²) in [6, 6.07) is 2.64. The van der Waals surface area contributed by atoms with Crippen LogP contribution in [0.15, 0.2) is 52.1 Å². The molecule has 0 radical (unpaired) electrons. The minimum atomic E-state index is 0.204. The second kappa shape index (κ2) is 7.31. The minimum Gasteiger partial charge on any atom is -0.335 e. The zero-order valence-electron chi connectivity index (χ0n) is 16.2. The lowest BCUT2D eigenvalue weighted by Crippen LogP contribution is -2.61. The molecule has 8 nitrogen and oxygen atoms in total. The quantitative estimate of drug-likeness (QED) is 0.657. The van der Waals surface area contributed by atoms with Crippen LogP contribution in [0.2, 0.25) is 0 Å². The monoisotopic (exact) mass is 452 g/mol. The average Bonchev–Trinajstić information content (AvgIpc) is 3.39. The summed E-state index contributed by atoms with van der Waals surface area (Å²) in [6.07, 6.45) is 11.4. The van der Waals surface area contributed by atoms with Crippen molar-refractivity contribution in [3.8, 4) is 11.4 Å². The molecule has 3 aromatic heterocycles. The first kappa shape index (κ1) is 18.4. The summed E-state index contributed by atoms with van der Waals surface area (Å²) < 4.78 is 2.73. The van der Waals surface area contributed by atoms with Crippen LogP contribution in [0.4, 0.5) is 5.95 Å². The number of rotatable bonds is 3. The number of piperazine rings is 1. The Morgan fingerprint density at radius 2 is 2.07 bits per heavy atom. The summed E-state index contributed by atoms with van der Waals surface area (Å²) in [6.45, 7) is 6.01. The number of imidazole rings is 1. The molecule has 29 heavy (non-hydrogen) atoms. The highest BCUT2D eigenvalue weighted by atomic mass is 79.9. The van der Waals surface area contributed by atoms with Gasteiger partial charge in [0.05, 0.1) is 36.4 Å². The highest BCUT2D eigenvalue weighted by Crippen LogP contribution is 2.26. The highest BCUT2D eigenvalue weighted by Gasteiger charge is 2.34. The summed E-state index contributed by atoms with van der Waals surface area (Å²) in [5, 5.41) is 3.70. The Morgan fingerprint density at radius 1 is 1.17 bits per heavy atom. The van der Waals surface area contributed by atoms with Gasteiger partial charge in [0.2, 0.25) is 5.95 Å². The number of halogens is 1. The van der Waals surface area contributed by atoms with E-state index in [0.29, 0.717) is 6.04 Å². The van der Waals surface area contributed by atoms with Crippen LogP contribution >= 0.6 is 15.9 Å². The molecule has 9 heteroatoms. The molecule has 0 saturated carbocycles. The first-order valence-electron chi connectivity index (χ1n) is 9.65. The summed E-state index contributed by atoms with van der Waals surface area (Å²) in [5.41, 5.74) is 3.76. The average molecular weight is 453 g/mol. The molecule has 2 aliphatic heterocycles. The van der Waals surface area contributed by atoms with Crippen LogP contribution in [0.25, 0.3) is 17.0 Å². The van der Waals surface area contributed by atoms with Crippen LogP contribution in [0.3, 0.4) is 0 Å². The van der Waals surface area contributed by atoms with Gasteiger partial charge >= 0.3 is 0 Å². The number of nitrogens with zero attached hydrogens (tertiary/aromatic N) is 7. The molecule has 0 aliphatic carbocycles. The van der Waals surface area contributed by atoms with E-state index in [4.69, 9.17) is 4.98 Å². The fourth-order valence-corrected chi connectivity index (χ4v) is 4.35. The molecule has 3 atom stereocenters. The predicted octanol–water partition coefficient (Wildman–Crippen LogP) is 2.51. The molecule has 0 spiro atoms. The van der Waals surface area contributed by atoms with Crippen molar-refractivity contribution in [3.05, 3.63) is 47.1 Å². The van der Waals surface area contributed by atoms with Gasteiger partial charge < -0.3 is 10.2 Å². The van der Waals surface area contributed by atoms with Crippen molar-refractivity contribution >= 4 is 33.7 Å². The Morgan fingerprint density at radius 3 is 2.90 bits per heavy atom. The van der Waals surface area contributed by atoms with E-state index in [9.17, 15) is 0 Å². The predicted molar refractivity (Wildman–Crippen MR) is 116 cm³/mol. The number of anilines is 1. The van der Waals surface area contributed by atoms with Gasteiger partial charge in [0.15, 0.2) is 5.65 Å². The van der Waals surface area contributed by atoms with Crippen LogP contribution in [-0.4, -0.2) is 61.8 Å². The van der Waals surface area contributed by atoms with Crippen LogP contribution in [0, 0.1) is 0 Å². The van der Waals surface area contributed by atoms with Crippen LogP contribution in [-0.2, 0) is 0 Å². The van der Waals surface area contributed by atoms with Crippen LogP contribution in [0.1, 0.15) is 13.8 Å². The summed E-state index contributed by atoms with van der Waals surface area (Å²) in [5.74, 6) is 0.729. The van der Waals surface area contributed by atoms with E-state index >= 15 is 0 Å². The molecule has 5 rings (SSSR count). The lowest BCUT2D eigenvalue weighted by atomic mass is 9.96. The topological polar surface area (TPSA) is 83.6 Å². The normalized spacial score (nSPS) is 24.3. The Bertz CT molecular complexity index is 1120. The van der Waals surface area contributed by atoms with Crippen molar-refractivity contribution < 1.29 is 0 Å². The molecule has 2 aliphatic rings. The molecule has 0 bridgehead atoms. The second-order valence-electron chi connectivity index (χ2n) is 7.46. The Labute approximate surface area is 177 Å². The van der Waals surface area contributed by atoms with Crippen LogP contribution in [0.5, 0.6) is 0 Å². The van der Waals surface area contributed by atoms with Gasteiger partial charge in [-0.25, -0.2) is 19.9 Å². The maximum absolute atomic E-state index is 4.90. The van der Waals surface area contributed by atoms with Crippen molar-refractivity contribution in [3.63, 3.8) is 0 Å². The molecular weight excluding hydrogens is 432 g/mol. The van der Waals surface area contributed by atoms with Gasteiger partial charge in [0, 0.05) is 37.2 Å². The van der Waals surface area contributed by atoms with Gasteiger partial charge in [-0.05, 0) is 41.4 Å². The van der Waals surface area contributed by atoms with Crippen molar-refractivity contribution in [2.45, 2.75) is 32.0 Å². The Kier molecular flexibility index (Phi) is 4.63. The molecular formula is C20H21BrN8. The molecule has 3 unspecified atom stereocenters. The van der Waals surface area contributed by atoms with Gasteiger partial charge in [-0.2, -0.15) is 0 Å². The smallest absolute Gasteiger partial charge is 0.226 e. The van der Waals surface area contributed by atoms with Gasteiger partial charge in [0.1, 0.15) is 4.60 Å². The number of aliphatic imine (C=N–C) groups is 1. The second-order valence-corrected chi connectivity index (χ2v) is 8.27. The number of fused-ring (bicyclic) bond motifs is 1. The molecule has 1 saturated heterocycles.